The van der Waals surface area contributed by atoms with Crippen LogP contribution in [0.2, 0.25) is 0 Å². The summed E-state index contributed by atoms with van der Waals surface area (Å²) in [6.07, 6.45) is 0.291. The highest BCUT2D eigenvalue weighted by Gasteiger charge is 2.50. The van der Waals surface area contributed by atoms with E-state index in [0.29, 0.717) is 17.7 Å². The first-order valence-electron chi connectivity index (χ1n) is 11.6. The highest BCUT2D eigenvalue weighted by atomic mass is 16.5. The van der Waals surface area contributed by atoms with Gasteiger partial charge in [0, 0.05) is 49.1 Å². The monoisotopic (exact) mass is 454 g/mol. The average molecular weight is 455 g/mol. The quantitative estimate of drug-likeness (QED) is 0.529. The van der Waals surface area contributed by atoms with E-state index in [-0.39, 0.29) is 17.7 Å². The van der Waals surface area contributed by atoms with Gasteiger partial charge in [0.05, 0.1) is 7.11 Å². The number of ketones is 1. The Bertz CT molecular complexity index is 1340. The zero-order valence-electron chi connectivity index (χ0n) is 20.3. The van der Waals surface area contributed by atoms with Crippen LogP contribution in [0.4, 0.5) is 11.4 Å². The van der Waals surface area contributed by atoms with E-state index in [1.165, 1.54) is 7.11 Å². The number of allylic oxidation sites excluding steroid dienone is 1. The molecule has 174 valence electrons. The first kappa shape index (κ1) is 22.2. The van der Waals surface area contributed by atoms with Crippen LogP contribution in [0.25, 0.3) is 10.8 Å². The molecule has 2 aliphatic rings. The van der Waals surface area contributed by atoms with Crippen LogP contribution in [0.3, 0.4) is 0 Å². The van der Waals surface area contributed by atoms with Gasteiger partial charge in [-0.1, -0.05) is 56.3 Å². The zero-order chi connectivity index (χ0) is 24.2. The van der Waals surface area contributed by atoms with Crippen LogP contribution in [0.5, 0.6) is 0 Å². The third-order valence-electron chi connectivity index (χ3n) is 7.27. The van der Waals surface area contributed by atoms with Crippen LogP contribution in [0, 0.1) is 11.3 Å². The molecule has 1 N–H and O–H groups in total. The molecule has 2 unspecified atom stereocenters. The molecule has 0 spiro atoms. The highest BCUT2D eigenvalue weighted by molar-refractivity contribution is 6.06. The number of fused-ring (bicyclic) bond motifs is 3. The Kier molecular flexibility index (Phi) is 5.23. The molecule has 2 atom stereocenters. The molecule has 1 heterocycles. The largest absolute Gasteiger partial charge is 0.468 e. The standard InChI is InChI=1S/C29H30N2O3/c1-29(2)16-22(32)25-23(18-10-13-19(14-11-18)31(3)4)24-20-9-7-6-8-17(20)12-15-21(24)30-27(25)26(29)28(33)34-5/h6-15,23,26,30H,16H2,1-5H3. The SMILES string of the molecule is COC(=O)C1C2=C(C(=O)CC1(C)C)C(c1ccc(N(C)C)cc1)c1c(ccc3ccccc13)N2. The van der Waals surface area contributed by atoms with Crippen molar-refractivity contribution in [3.05, 3.63) is 83.1 Å². The molecule has 5 rings (SSSR count). The Morgan fingerprint density at radius 3 is 2.41 bits per heavy atom. The highest BCUT2D eigenvalue weighted by Crippen LogP contribution is 2.53. The Morgan fingerprint density at radius 1 is 1.03 bits per heavy atom. The van der Waals surface area contributed by atoms with E-state index < -0.39 is 11.3 Å². The number of hydrogen-bond acceptors (Lipinski definition) is 5. The molecule has 0 aromatic heterocycles. The van der Waals surface area contributed by atoms with Crippen LogP contribution in [0.15, 0.2) is 71.9 Å². The lowest BCUT2D eigenvalue weighted by Crippen LogP contribution is -2.44. The fraction of sp³-hybridized carbons (Fsp3) is 0.310. The zero-order valence-corrected chi connectivity index (χ0v) is 20.3. The van der Waals surface area contributed by atoms with E-state index in [0.717, 1.165) is 33.3 Å². The summed E-state index contributed by atoms with van der Waals surface area (Å²) in [6.45, 7) is 3.93. The molecule has 0 radical (unpaired) electrons. The normalized spacial score (nSPS) is 20.9. The first-order valence-corrected chi connectivity index (χ1v) is 11.6. The van der Waals surface area contributed by atoms with Gasteiger partial charge >= 0.3 is 5.97 Å². The fourth-order valence-corrected chi connectivity index (χ4v) is 5.62. The molecule has 0 saturated carbocycles. The number of Topliss-reactive ketones (excluding diaryl/α,β-unsaturated/α-hetero) is 1. The summed E-state index contributed by atoms with van der Waals surface area (Å²) in [4.78, 5) is 28.8. The minimum Gasteiger partial charge on any atom is -0.468 e. The topological polar surface area (TPSA) is 58.6 Å². The number of carbonyl (C=O) groups is 2. The molecule has 0 fully saturated rings. The number of carbonyl (C=O) groups excluding carboxylic acids is 2. The van der Waals surface area contributed by atoms with E-state index in [4.69, 9.17) is 4.74 Å². The second-order valence-electron chi connectivity index (χ2n) is 10.2. The van der Waals surface area contributed by atoms with Gasteiger partial charge in [-0.3, -0.25) is 9.59 Å². The van der Waals surface area contributed by atoms with Crippen molar-refractivity contribution in [3.8, 4) is 0 Å². The maximum Gasteiger partial charge on any atom is 0.315 e. The van der Waals surface area contributed by atoms with Crippen LogP contribution < -0.4 is 10.2 Å². The molecule has 0 saturated heterocycles. The lowest BCUT2D eigenvalue weighted by molar-refractivity contribution is -0.148. The van der Waals surface area contributed by atoms with E-state index in [1.54, 1.807) is 0 Å². The summed E-state index contributed by atoms with van der Waals surface area (Å²) in [5, 5.41) is 5.75. The molecule has 3 aromatic carbocycles. The van der Waals surface area contributed by atoms with Gasteiger partial charge in [0.25, 0.3) is 0 Å². The number of rotatable bonds is 3. The smallest absolute Gasteiger partial charge is 0.315 e. The molecule has 3 aromatic rings. The Balaban J connectivity index is 1.81. The third-order valence-corrected chi connectivity index (χ3v) is 7.27. The van der Waals surface area contributed by atoms with Crippen molar-refractivity contribution in [2.45, 2.75) is 26.2 Å². The summed E-state index contributed by atoms with van der Waals surface area (Å²) < 4.78 is 5.22. The lowest BCUT2D eigenvalue weighted by Gasteiger charge is -2.44. The molecule has 1 aliphatic heterocycles. The molecule has 1 aliphatic carbocycles. The van der Waals surface area contributed by atoms with Crippen molar-refractivity contribution in [1.29, 1.82) is 0 Å². The van der Waals surface area contributed by atoms with E-state index in [2.05, 4.69) is 58.7 Å². The Labute approximate surface area is 200 Å². The van der Waals surface area contributed by atoms with E-state index >= 15 is 0 Å². The van der Waals surface area contributed by atoms with E-state index in [1.807, 2.05) is 40.1 Å². The van der Waals surface area contributed by atoms with Crippen molar-refractivity contribution in [3.63, 3.8) is 0 Å². The predicted molar refractivity (Wildman–Crippen MR) is 136 cm³/mol. The number of hydrogen-bond donors (Lipinski definition) is 1. The van der Waals surface area contributed by atoms with Crippen LogP contribution >= 0.6 is 0 Å². The van der Waals surface area contributed by atoms with Gasteiger partial charge < -0.3 is 15.0 Å². The number of nitrogens with zero attached hydrogens (tertiary/aromatic N) is 1. The van der Waals surface area contributed by atoms with Gasteiger partial charge in [0.15, 0.2) is 5.78 Å². The molecular weight excluding hydrogens is 424 g/mol. The predicted octanol–water partition coefficient (Wildman–Crippen LogP) is 5.51. The van der Waals surface area contributed by atoms with Crippen molar-refractivity contribution >= 4 is 33.9 Å². The minimum absolute atomic E-state index is 0.0768. The number of benzene rings is 3. The lowest BCUT2D eigenvalue weighted by atomic mass is 9.63. The molecular formula is C29H30N2O3. The van der Waals surface area contributed by atoms with E-state index in [9.17, 15) is 9.59 Å². The maximum absolute atomic E-state index is 13.7. The van der Waals surface area contributed by atoms with Crippen molar-refractivity contribution in [2.75, 3.05) is 31.4 Å². The number of anilines is 2. The van der Waals surface area contributed by atoms with Gasteiger partial charge in [-0.2, -0.15) is 0 Å². The average Bonchev–Trinajstić information content (AvgIpc) is 2.81. The third kappa shape index (κ3) is 3.38. The van der Waals surface area contributed by atoms with Crippen molar-refractivity contribution in [1.82, 2.24) is 0 Å². The molecule has 5 heteroatoms. The van der Waals surface area contributed by atoms with Crippen LogP contribution in [-0.4, -0.2) is 33.0 Å². The molecule has 5 nitrogen and oxygen atoms in total. The van der Waals surface area contributed by atoms with Crippen LogP contribution in [0.1, 0.15) is 37.3 Å². The van der Waals surface area contributed by atoms with Gasteiger partial charge in [0.2, 0.25) is 0 Å². The van der Waals surface area contributed by atoms with Gasteiger partial charge in [-0.15, -0.1) is 0 Å². The van der Waals surface area contributed by atoms with Gasteiger partial charge in [-0.25, -0.2) is 0 Å². The molecule has 34 heavy (non-hydrogen) atoms. The van der Waals surface area contributed by atoms with Gasteiger partial charge in [0.1, 0.15) is 5.92 Å². The number of esters is 1. The number of ether oxygens (including phenoxy) is 1. The van der Waals surface area contributed by atoms with Crippen molar-refractivity contribution < 1.29 is 14.3 Å². The maximum atomic E-state index is 13.7. The second-order valence-corrected chi connectivity index (χ2v) is 10.2. The number of methoxy groups -OCH3 is 1. The summed E-state index contributed by atoms with van der Waals surface area (Å²) in [5.41, 5.74) is 4.94. The first-order chi connectivity index (χ1) is 16.2. The van der Waals surface area contributed by atoms with Gasteiger partial charge in [-0.05, 0) is 45.5 Å². The summed E-state index contributed by atoms with van der Waals surface area (Å²) >= 11 is 0. The minimum atomic E-state index is -0.552. The van der Waals surface area contributed by atoms with Crippen LogP contribution in [-0.2, 0) is 14.3 Å². The molecule has 0 amide bonds. The Morgan fingerprint density at radius 2 is 1.74 bits per heavy atom. The number of nitrogens with one attached hydrogen (secondary N) is 1. The summed E-state index contributed by atoms with van der Waals surface area (Å²) in [5.74, 6) is -1.06. The summed E-state index contributed by atoms with van der Waals surface area (Å²) in [7, 11) is 5.43. The fourth-order valence-electron chi connectivity index (χ4n) is 5.62. The summed E-state index contributed by atoms with van der Waals surface area (Å²) in [6, 6.07) is 20.8. The Hall–Kier alpha value is -3.60. The van der Waals surface area contributed by atoms with Crippen molar-refractivity contribution in [2.24, 2.45) is 11.3 Å². The molecule has 0 bridgehead atoms. The second kappa shape index (κ2) is 8.01.